The lowest BCUT2D eigenvalue weighted by atomic mass is 9.93. The molecule has 0 saturated carbocycles. The number of carbonyl (C=O) groups excluding carboxylic acids is 3. The zero-order chi connectivity index (χ0) is 28.3. The fraction of sp³-hybridized carbons (Fsp3) is 0.267. The van der Waals surface area contributed by atoms with E-state index in [2.05, 4.69) is 11.6 Å². The van der Waals surface area contributed by atoms with Crippen molar-refractivity contribution in [1.29, 1.82) is 0 Å². The first-order valence-corrected chi connectivity index (χ1v) is 13.4. The van der Waals surface area contributed by atoms with Gasteiger partial charge in [-0.2, -0.15) is 0 Å². The number of rotatable bonds is 9. The Labute approximate surface area is 231 Å². The lowest BCUT2D eigenvalue weighted by Crippen LogP contribution is -2.29. The van der Waals surface area contributed by atoms with Gasteiger partial charge in [-0.05, 0) is 56.5 Å². The number of ketones is 1. The summed E-state index contributed by atoms with van der Waals surface area (Å²) in [5.41, 5.74) is 3.02. The van der Waals surface area contributed by atoms with Crippen molar-refractivity contribution in [1.82, 2.24) is 4.98 Å². The summed E-state index contributed by atoms with van der Waals surface area (Å²) < 4.78 is 10.8. The number of esters is 1. The highest BCUT2D eigenvalue weighted by Gasteiger charge is 2.48. The van der Waals surface area contributed by atoms with Crippen LogP contribution in [0.25, 0.3) is 5.76 Å². The van der Waals surface area contributed by atoms with Crippen molar-refractivity contribution in [2.45, 2.75) is 40.2 Å². The molecule has 39 heavy (non-hydrogen) atoms. The molecule has 1 saturated heterocycles. The third-order valence-electron chi connectivity index (χ3n) is 6.27. The summed E-state index contributed by atoms with van der Waals surface area (Å²) in [4.78, 5) is 45.4. The molecule has 1 atom stereocenters. The largest absolute Gasteiger partial charge is 0.507 e. The van der Waals surface area contributed by atoms with E-state index < -0.39 is 23.7 Å². The predicted octanol–water partition coefficient (Wildman–Crippen LogP) is 5.83. The fourth-order valence-corrected chi connectivity index (χ4v) is 5.31. The Morgan fingerprint density at radius 3 is 2.51 bits per heavy atom. The Hall–Kier alpha value is -4.24. The number of benzene rings is 2. The number of aryl methyl sites for hydroxylation is 3. The van der Waals surface area contributed by atoms with E-state index in [4.69, 9.17) is 9.47 Å². The van der Waals surface area contributed by atoms with Gasteiger partial charge in [0.25, 0.3) is 5.78 Å². The number of hydrogen-bond acceptors (Lipinski definition) is 8. The first-order chi connectivity index (χ1) is 18.7. The van der Waals surface area contributed by atoms with Gasteiger partial charge in [-0.3, -0.25) is 14.5 Å². The van der Waals surface area contributed by atoms with Gasteiger partial charge in [-0.25, -0.2) is 9.78 Å². The van der Waals surface area contributed by atoms with E-state index in [0.717, 1.165) is 23.3 Å². The quantitative estimate of drug-likeness (QED) is 0.118. The number of aromatic nitrogens is 1. The molecule has 8 nitrogen and oxygen atoms in total. The second-order valence-corrected chi connectivity index (χ2v) is 10.2. The molecule has 1 aliphatic heterocycles. The molecule has 1 unspecified atom stereocenters. The number of aliphatic hydroxyl groups is 1. The molecule has 1 aromatic heterocycles. The van der Waals surface area contributed by atoms with Crippen LogP contribution in [0, 0.1) is 20.8 Å². The van der Waals surface area contributed by atoms with Gasteiger partial charge in [0.1, 0.15) is 23.0 Å². The summed E-state index contributed by atoms with van der Waals surface area (Å²) in [5, 5.41) is 11.6. The van der Waals surface area contributed by atoms with Crippen LogP contribution >= 0.6 is 11.3 Å². The Kier molecular flexibility index (Phi) is 8.30. The minimum Gasteiger partial charge on any atom is -0.507 e. The number of Topliss-reactive ketones (excluding diaryl/α,β-unsaturated/α-hetero) is 1. The van der Waals surface area contributed by atoms with Crippen LogP contribution in [0.5, 0.6) is 5.75 Å². The van der Waals surface area contributed by atoms with Crippen molar-refractivity contribution in [2.75, 3.05) is 18.1 Å². The number of carbonyl (C=O) groups is 3. The Bertz CT molecular complexity index is 1470. The molecule has 9 heteroatoms. The summed E-state index contributed by atoms with van der Waals surface area (Å²) >= 11 is 0.957. The maximum Gasteiger partial charge on any atom is 0.350 e. The van der Waals surface area contributed by atoms with E-state index in [9.17, 15) is 19.5 Å². The van der Waals surface area contributed by atoms with E-state index in [1.54, 1.807) is 44.2 Å². The maximum absolute atomic E-state index is 13.5. The van der Waals surface area contributed by atoms with Crippen LogP contribution < -0.4 is 9.64 Å². The standard InChI is InChI=1S/C30H30N2O6S/c1-6-14-37-21-12-13-22(18(4)16-21)25(33)23-24(20-10-8-17(3)9-11-20)32(28(35)26(23)34)30-31-19(5)27(39-30)29(36)38-15-7-2/h7-13,16,24,33H,2,6,14-15H2,1,3-5H3/b25-23-. The maximum atomic E-state index is 13.5. The van der Waals surface area contributed by atoms with E-state index >= 15 is 0 Å². The first kappa shape index (κ1) is 27.8. The topological polar surface area (TPSA) is 106 Å². The second kappa shape index (κ2) is 11.7. The predicted molar refractivity (Wildman–Crippen MR) is 150 cm³/mol. The summed E-state index contributed by atoms with van der Waals surface area (Å²) in [7, 11) is 0. The number of aliphatic hydroxyl groups excluding tert-OH is 1. The normalized spacial score (nSPS) is 16.4. The van der Waals surface area contributed by atoms with Gasteiger partial charge in [0, 0.05) is 5.56 Å². The smallest absolute Gasteiger partial charge is 0.350 e. The molecule has 3 aromatic rings. The lowest BCUT2D eigenvalue weighted by molar-refractivity contribution is -0.132. The average Bonchev–Trinajstić information content (AvgIpc) is 3.42. The van der Waals surface area contributed by atoms with Gasteiger partial charge in [-0.15, -0.1) is 0 Å². The van der Waals surface area contributed by atoms with Crippen molar-refractivity contribution in [3.05, 3.63) is 93.5 Å². The number of hydrogen-bond donors (Lipinski definition) is 1. The first-order valence-electron chi connectivity index (χ1n) is 12.5. The lowest BCUT2D eigenvalue weighted by Gasteiger charge is -2.23. The summed E-state index contributed by atoms with van der Waals surface area (Å²) in [6, 6.07) is 11.6. The Balaban J connectivity index is 1.85. The highest BCUT2D eigenvalue weighted by Crippen LogP contribution is 2.44. The third-order valence-corrected chi connectivity index (χ3v) is 7.41. The number of anilines is 1. The SMILES string of the molecule is C=CCOC(=O)c1sc(N2C(=O)C(=O)/C(=C(\O)c3ccc(OCCC)cc3C)C2c2ccc(C)cc2)nc1C. The van der Waals surface area contributed by atoms with Gasteiger partial charge >= 0.3 is 11.9 Å². The van der Waals surface area contributed by atoms with Crippen molar-refractivity contribution in [3.8, 4) is 5.75 Å². The molecule has 1 aliphatic rings. The second-order valence-electron chi connectivity index (χ2n) is 9.20. The van der Waals surface area contributed by atoms with Gasteiger partial charge < -0.3 is 14.6 Å². The Morgan fingerprint density at radius 2 is 1.87 bits per heavy atom. The van der Waals surface area contributed by atoms with Crippen LogP contribution in [0.1, 0.15) is 57.0 Å². The highest BCUT2D eigenvalue weighted by molar-refractivity contribution is 7.17. The van der Waals surface area contributed by atoms with E-state index in [1.807, 2.05) is 26.0 Å². The van der Waals surface area contributed by atoms with Gasteiger partial charge in [0.15, 0.2) is 5.13 Å². The number of amides is 1. The van der Waals surface area contributed by atoms with Crippen LogP contribution in [0.4, 0.5) is 5.13 Å². The monoisotopic (exact) mass is 546 g/mol. The van der Waals surface area contributed by atoms with Crippen LogP contribution in [0.2, 0.25) is 0 Å². The molecule has 1 amide bonds. The third kappa shape index (κ3) is 5.49. The van der Waals surface area contributed by atoms with Crippen LogP contribution in [0.3, 0.4) is 0 Å². The van der Waals surface area contributed by atoms with E-state index in [1.165, 1.54) is 11.0 Å². The van der Waals surface area contributed by atoms with Crippen molar-refractivity contribution >= 4 is 39.9 Å². The molecule has 1 fully saturated rings. The van der Waals surface area contributed by atoms with E-state index in [0.29, 0.717) is 34.7 Å². The van der Waals surface area contributed by atoms with Gasteiger partial charge in [-0.1, -0.05) is 60.7 Å². The Morgan fingerprint density at radius 1 is 1.15 bits per heavy atom. The summed E-state index contributed by atoms with van der Waals surface area (Å²) in [6.07, 6.45) is 2.31. The van der Waals surface area contributed by atoms with Gasteiger partial charge in [0.2, 0.25) is 0 Å². The minimum atomic E-state index is -0.955. The van der Waals surface area contributed by atoms with Crippen molar-refractivity contribution < 1.29 is 29.0 Å². The molecule has 202 valence electrons. The number of nitrogens with zero attached hydrogens (tertiary/aromatic N) is 2. The number of ether oxygens (including phenoxy) is 2. The van der Waals surface area contributed by atoms with E-state index in [-0.39, 0.29) is 27.9 Å². The highest BCUT2D eigenvalue weighted by atomic mass is 32.1. The van der Waals surface area contributed by atoms with Crippen LogP contribution in [-0.2, 0) is 14.3 Å². The molecule has 0 aliphatic carbocycles. The minimum absolute atomic E-state index is 0.0288. The van der Waals surface area contributed by atoms with Crippen LogP contribution in [0.15, 0.2) is 60.7 Å². The van der Waals surface area contributed by atoms with Crippen molar-refractivity contribution in [3.63, 3.8) is 0 Å². The van der Waals surface area contributed by atoms with Gasteiger partial charge in [0.05, 0.1) is 23.9 Å². The molecule has 0 bridgehead atoms. The zero-order valence-corrected chi connectivity index (χ0v) is 23.1. The zero-order valence-electron chi connectivity index (χ0n) is 22.3. The number of thiazole rings is 1. The van der Waals surface area contributed by atoms with Crippen LogP contribution in [-0.4, -0.2) is 41.0 Å². The molecule has 0 radical (unpaired) electrons. The van der Waals surface area contributed by atoms with Crippen molar-refractivity contribution in [2.24, 2.45) is 0 Å². The summed E-state index contributed by atoms with van der Waals surface area (Å²) in [6.45, 7) is 11.5. The molecular formula is C30H30N2O6S. The molecule has 2 heterocycles. The molecule has 0 spiro atoms. The molecule has 4 rings (SSSR count). The molecule has 2 aromatic carbocycles. The average molecular weight is 547 g/mol. The fourth-order valence-electron chi connectivity index (χ4n) is 4.33. The molecular weight excluding hydrogens is 516 g/mol. The summed E-state index contributed by atoms with van der Waals surface area (Å²) in [5.74, 6) is -1.93. The molecule has 1 N–H and O–H groups in total.